The molecule has 0 atom stereocenters. The molecule has 168 valence electrons. The van der Waals surface area contributed by atoms with Crippen molar-refractivity contribution >= 4 is 33.2 Å². The van der Waals surface area contributed by atoms with Crippen molar-refractivity contribution in [2.24, 2.45) is 0 Å². The van der Waals surface area contributed by atoms with Crippen LogP contribution in [0.25, 0.3) is 0 Å². The van der Waals surface area contributed by atoms with Crippen molar-refractivity contribution in [3.05, 3.63) is 88.9 Å². The second kappa shape index (κ2) is 10.1. The van der Waals surface area contributed by atoms with Crippen LogP contribution in [0, 0.1) is 6.92 Å². The average Bonchev–Trinajstić information content (AvgIpc) is 2.78. The molecule has 0 radical (unpaired) electrons. The number of methoxy groups -OCH3 is 1. The molecule has 6 nitrogen and oxygen atoms in total. The molecule has 0 unspecified atom stereocenters. The van der Waals surface area contributed by atoms with Crippen LogP contribution in [0.2, 0.25) is 5.02 Å². The number of benzene rings is 3. The number of aryl methyl sites for hydroxylation is 1. The fourth-order valence-electron chi connectivity index (χ4n) is 3.15. The maximum absolute atomic E-state index is 13.5. The van der Waals surface area contributed by atoms with E-state index in [1.165, 1.54) is 30.2 Å². The van der Waals surface area contributed by atoms with E-state index in [1.807, 2.05) is 37.3 Å². The SMILES string of the molecule is COc1ccc(N(CC(=O)N(C)Cc2ccccc2)S(=O)(=O)c2ccc(C)cc2)cc1Cl. The molecule has 0 heterocycles. The number of carbonyl (C=O) groups excluding carboxylic acids is 1. The standard InChI is InChI=1S/C24H25ClN2O4S/c1-18-9-12-21(13-10-18)32(29,30)27(20-11-14-23(31-3)22(25)15-20)17-24(28)26(2)16-19-7-5-4-6-8-19/h4-15H,16-17H2,1-3H3. The van der Waals surface area contributed by atoms with Crippen LogP contribution in [0.1, 0.15) is 11.1 Å². The highest BCUT2D eigenvalue weighted by Gasteiger charge is 2.29. The van der Waals surface area contributed by atoms with E-state index < -0.39 is 10.0 Å². The number of nitrogens with zero attached hydrogens (tertiary/aromatic N) is 2. The van der Waals surface area contributed by atoms with Crippen LogP contribution in [-0.2, 0) is 21.4 Å². The minimum atomic E-state index is -4.02. The molecule has 0 spiro atoms. The maximum atomic E-state index is 13.5. The lowest BCUT2D eigenvalue weighted by atomic mass is 10.2. The normalized spacial score (nSPS) is 11.1. The molecule has 0 saturated carbocycles. The Morgan fingerprint density at radius 2 is 1.66 bits per heavy atom. The smallest absolute Gasteiger partial charge is 0.264 e. The molecule has 3 rings (SSSR count). The van der Waals surface area contributed by atoms with Crippen LogP contribution in [0.5, 0.6) is 5.75 Å². The van der Waals surface area contributed by atoms with Gasteiger partial charge in [-0.05, 0) is 42.8 Å². The molecule has 8 heteroatoms. The number of halogens is 1. The number of carbonyl (C=O) groups is 1. The van der Waals surface area contributed by atoms with Gasteiger partial charge in [0, 0.05) is 13.6 Å². The first-order valence-corrected chi connectivity index (χ1v) is 11.7. The van der Waals surface area contributed by atoms with E-state index in [0.29, 0.717) is 12.3 Å². The van der Waals surface area contributed by atoms with Crippen LogP contribution in [0.15, 0.2) is 77.7 Å². The molecule has 0 aliphatic rings. The van der Waals surface area contributed by atoms with Crippen LogP contribution < -0.4 is 9.04 Å². The summed E-state index contributed by atoms with van der Waals surface area (Å²) in [6.07, 6.45) is 0. The number of likely N-dealkylation sites (N-methyl/N-ethyl adjacent to an activating group) is 1. The molecule has 3 aromatic rings. The highest BCUT2D eigenvalue weighted by Crippen LogP contribution is 2.32. The Labute approximate surface area is 194 Å². The number of anilines is 1. The highest BCUT2D eigenvalue weighted by molar-refractivity contribution is 7.92. The molecule has 0 aliphatic carbocycles. The topological polar surface area (TPSA) is 66.9 Å². The molecule has 1 amide bonds. The largest absolute Gasteiger partial charge is 0.495 e. The quantitative estimate of drug-likeness (QED) is 0.483. The molecule has 3 aromatic carbocycles. The molecule has 0 saturated heterocycles. The predicted molar refractivity (Wildman–Crippen MR) is 127 cm³/mol. The average molecular weight is 473 g/mol. The summed E-state index contributed by atoms with van der Waals surface area (Å²) in [4.78, 5) is 14.6. The molecule has 0 bridgehead atoms. The number of rotatable bonds is 8. The van der Waals surface area contributed by atoms with Crippen LogP contribution >= 0.6 is 11.6 Å². The van der Waals surface area contributed by atoms with Gasteiger partial charge in [-0.25, -0.2) is 8.42 Å². The molecule has 0 N–H and O–H groups in total. The van der Waals surface area contributed by atoms with Gasteiger partial charge < -0.3 is 9.64 Å². The number of ether oxygens (including phenoxy) is 1. The third-order valence-corrected chi connectivity index (χ3v) is 7.08. The van der Waals surface area contributed by atoms with Gasteiger partial charge in [0.05, 0.1) is 22.7 Å². The van der Waals surface area contributed by atoms with Crippen molar-refractivity contribution in [1.29, 1.82) is 0 Å². The Hall–Kier alpha value is -3.03. The van der Waals surface area contributed by atoms with E-state index in [9.17, 15) is 13.2 Å². The van der Waals surface area contributed by atoms with Gasteiger partial charge in [0.25, 0.3) is 10.0 Å². The molecular weight excluding hydrogens is 448 g/mol. The third-order valence-electron chi connectivity index (χ3n) is 5.00. The summed E-state index contributed by atoms with van der Waals surface area (Å²) in [7, 11) is -0.900. The van der Waals surface area contributed by atoms with E-state index in [-0.39, 0.29) is 28.1 Å². The summed E-state index contributed by atoms with van der Waals surface area (Å²) < 4.78 is 33.3. The zero-order valence-electron chi connectivity index (χ0n) is 18.2. The third kappa shape index (κ3) is 5.41. The minimum Gasteiger partial charge on any atom is -0.495 e. The lowest BCUT2D eigenvalue weighted by molar-refractivity contribution is -0.128. The Balaban J connectivity index is 1.95. The summed E-state index contributed by atoms with van der Waals surface area (Å²) in [5, 5.41) is 0.249. The second-order valence-electron chi connectivity index (χ2n) is 7.38. The summed E-state index contributed by atoms with van der Waals surface area (Å²) in [5.41, 5.74) is 2.16. The molecule has 0 aliphatic heterocycles. The molecular formula is C24H25ClN2O4S. The molecule has 0 fully saturated rings. The number of hydrogen-bond acceptors (Lipinski definition) is 4. The van der Waals surface area contributed by atoms with Gasteiger partial charge in [0.2, 0.25) is 5.91 Å². The first-order valence-electron chi connectivity index (χ1n) is 9.93. The van der Waals surface area contributed by atoms with Gasteiger partial charge in [-0.3, -0.25) is 9.10 Å². The minimum absolute atomic E-state index is 0.0913. The van der Waals surface area contributed by atoms with Crippen LogP contribution in [0.4, 0.5) is 5.69 Å². The van der Waals surface area contributed by atoms with Crippen molar-refractivity contribution in [1.82, 2.24) is 4.90 Å². The zero-order chi connectivity index (χ0) is 23.3. The summed E-state index contributed by atoms with van der Waals surface area (Å²) in [6.45, 7) is 1.86. The van der Waals surface area contributed by atoms with Gasteiger partial charge in [-0.15, -0.1) is 0 Å². The van der Waals surface area contributed by atoms with Gasteiger partial charge in [-0.1, -0.05) is 59.6 Å². The van der Waals surface area contributed by atoms with Gasteiger partial charge in [0.15, 0.2) is 0 Å². The Bertz CT molecular complexity index is 1180. The fraction of sp³-hybridized carbons (Fsp3) is 0.208. The Kier molecular flexibility index (Phi) is 7.43. The lowest BCUT2D eigenvalue weighted by Gasteiger charge is -2.27. The number of amides is 1. The van der Waals surface area contributed by atoms with Gasteiger partial charge in [-0.2, -0.15) is 0 Å². The van der Waals surface area contributed by atoms with E-state index in [4.69, 9.17) is 16.3 Å². The zero-order valence-corrected chi connectivity index (χ0v) is 19.7. The van der Waals surface area contributed by atoms with Crippen LogP contribution in [-0.4, -0.2) is 39.9 Å². The van der Waals surface area contributed by atoms with E-state index >= 15 is 0 Å². The molecule has 32 heavy (non-hydrogen) atoms. The first-order chi connectivity index (χ1) is 15.2. The van der Waals surface area contributed by atoms with Crippen LogP contribution in [0.3, 0.4) is 0 Å². The summed E-state index contributed by atoms with van der Waals surface area (Å²) >= 11 is 6.26. The van der Waals surface area contributed by atoms with Crippen molar-refractivity contribution < 1.29 is 17.9 Å². The fourth-order valence-corrected chi connectivity index (χ4v) is 4.81. The Morgan fingerprint density at radius 3 is 2.25 bits per heavy atom. The maximum Gasteiger partial charge on any atom is 0.264 e. The predicted octanol–water partition coefficient (Wildman–Crippen LogP) is 4.51. The van der Waals surface area contributed by atoms with Gasteiger partial charge in [0.1, 0.15) is 12.3 Å². The first kappa shape index (κ1) is 23.6. The summed E-state index contributed by atoms with van der Waals surface area (Å²) in [6, 6.07) is 20.6. The van der Waals surface area contributed by atoms with Crippen molar-refractivity contribution in [3.8, 4) is 5.75 Å². The van der Waals surface area contributed by atoms with E-state index in [0.717, 1.165) is 15.4 Å². The number of hydrogen-bond donors (Lipinski definition) is 0. The van der Waals surface area contributed by atoms with Crippen molar-refractivity contribution in [3.63, 3.8) is 0 Å². The monoisotopic (exact) mass is 472 g/mol. The number of sulfonamides is 1. The van der Waals surface area contributed by atoms with Crippen molar-refractivity contribution in [2.45, 2.75) is 18.4 Å². The Morgan fingerprint density at radius 1 is 1.00 bits per heavy atom. The summed E-state index contributed by atoms with van der Waals surface area (Å²) in [5.74, 6) is 0.0621. The van der Waals surface area contributed by atoms with E-state index in [1.54, 1.807) is 31.3 Å². The van der Waals surface area contributed by atoms with Gasteiger partial charge >= 0.3 is 0 Å². The second-order valence-corrected chi connectivity index (χ2v) is 9.65. The van der Waals surface area contributed by atoms with Crippen molar-refractivity contribution in [2.75, 3.05) is 25.0 Å². The molecule has 0 aromatic heterocycles. The highest BCUT2D eigenvalue weighted by atomic mass is 35.5. The van der Waals surface area contributed by atoms with E-state index in [2.05, 4.69) is 0 Å². The lowest BCUT2D eigenvalue weighted by Crippen LogP contribution is -2.41.